The maximum absolute atomic E-state index is 13.0. The van der Waals surface area contributed by atoms with Gasteiger partial charge >= 0.3 is 6.18 Å². The molecule has 0 bridgehead atoms. The quantitative estimate of drug-likeness (QED) is 0.610. The van der Waals surface area contributed by atoms with Crippen LogP contribution in [0.5, 0.6) is 11.5 Å². The number of hydrogen-bond acceptors (Lipinski definition) is 5. The van der Waals surface area contributed by atoms with Gasteiger partial charge in [-0.05, 0) is 48.7 Å². The first kappa shape index (κ1) is 24.8. The highest BCUT2D eigenvalue weighted by Gasteiger charge is 2.30. The number of hydrogen-bond donors (Lipinski definition) is 1. The number of alkyl halides is 3. The van der Waals surface area contributed by atoms with Gasteiger partial charge in [-0.25, -0.2) is 8.42 Å². The predicted molar refractivity (Wildman–Crippen MR) is 116 cm³/mol. The van der Waals surface area contributed by atoms with Gasteiger partial charge in [-0.15, -0.1) is 0 Å². The molecule has 2 aromatic rings. The molecule has 0 atom stereocenters. The summed E-state index contributed by atoms with van der Waals surface area (Å²) in [6.07, 6.45) is -2.27. The highest BCUT2D eigenvalue weighted by atomic mass is 32.2. The second-order valence-corrected chi connectivity index (χ2v) is 9.54. The highest BCUT2D eigenvalue weighted by Crippen LogP contribution is 2.31. The van der Waals surface area contributed by atoms with Crippen molar-refractivity contribution in [2.24, 2.45) is 0 Å². The molecule has 7 nitrogen and oxygen atoms in total. The number of sulfonamides is 1. The van der Waals surface area contributed by atoms with Crippen molar-refractivity contribution in [2.45, 2.75) is 36.8 Å². The van der Waals surface area contributed by atoms with Crippen LogP contribution in [0.1, 0.15) is 24.8 Å². The SMILES string of the molecule is COc1ccc(CC(=O)Nc2cc(S(=O)(=O)N3CCCCC3)ccc2OCC(F)(F)F)cc1. The number of benzene rings is 2. The number of ether oxygens (including phenoxy) is 2. The van der Waals surface area contributed by atoms with Gasteiger partial charge in [0.2, 0.25) is 15.9 Å². The molecule has 33 heavy (non-hydrogen) atoms. The number of anilines is 1. The average molecular weight is 487 g/mol. The molecule has 11 heteroatoms. The number of halogens is 3. The Morgan fingerprint density at radius 1 is 1.06 bits per heavy atom. The van der Waals surface area contributed by atoms with Crippen LogP contribution in [0.3, 0.4) is 0 Å². The Kier molecular flexibility index (Phi) is 7.85. The van der Waals surface area contributed by atoms with Crippen molar-refractivity contribution >= 4 is 21.6 Å². The Morgan fingerprint density at radius 3 is 2.33 bits per heavy atom. The third-order valence-electron chi connectivity index (χ3n) is 5.09. The summed E-state index contributed by atoms with van der Waals surface area (Å²) in [6, 6.07) is 10.2. The molecule has 1 aliphatic rings. The molecule has 0 unspecified atom stereocenters. The van der Waals surface area contributed by atoms with Crippen molar-refractivity contribution in [1.82, 2.24) is 4.31 Å². The molecule has 1 aliphatic heterocycles. The molecule has 2 aromatic carbocycles. The summed E-state index contributed by atoms with van der Waals surface area (Å²) < 4.78 is 75.2. The minimum absolute atomic E-state index is 0.0776. The van der Waals surface area contributed by atoms with Crippen LogP contribution in [-0.2, 0) is 21.2 Å². The Hall–Kier alpha value is -2.79. The molecule has 3 rings (SSSR count). The molecule has 180 valence electrons. The molecule has 0 saturated carbocycles. The zero-order chi connectivity index (χ0) is 24.1. The predicted octanol–water partition coefficient (Wildman–Crippen LogP) is 3.99. The fourth-order valence-electron chi connectivity index (χ4n) is 3.43. The normalized spacial score (nSPS) is 15.2. The van der Waals surface area contributed by atoms with E-state index >= 15 is 0 Å². The maximum Gasteiger partial charge on any atom is 0.422 e. The molecule has 0 radical (unpaired) electrons. The Balaban J connectivity index is 1.84. The first-order valence-electron chi connectivity index (χ1n) is 10.3. The lowest BCUT2D eigenvalue weighted by atomic mass is 10.1. The summed E-state index contributed by atoms with van der Waals surface area (Å²) >= 11 is 0. The topological polar surface area (TPSA) is 84.9 Å². The van der Waals surface area contributed by atoms with Crippen LogP contribution in [0, 0.1) is 0 Å². The van der Waals surface area contributed by atoms with Crippen molar-refractivity contribution in [2.75, 3.05) is 32.1 Å². The van der Waals surface area contributed by atoms with Crippen LogP contribution in [0.25, 0.3) is 0 Å². The van der Waals surface area contributed by atoms with Crippen LogP contribution >= 0.6 is 0 Å². The van der Waals surface area contributed by atoms with Crippen molar-refractivity contribution in [3.63, 3.8) is 0 Å². The van der Waals surface area contributed by atoms with Crippen molar-refractivity contribution in [1.29, 1.82) is 0 Å². The van der Waals surface area contributed by atoms with Gasteiger partial charge in [-0.2, -0.15) is 17.5 Å². The largest absolute Gasteiger partial charge is 0.497 e. The van der Waals surface area contributed by atoms with Crippen LogP contribution in [0.4, 0.5) is 18.9 Å². The maximum atomic E-state index is 13.0. The van der Waals surface area contributed by atoms with E-state index in [1.165, 1.54) is 17.5 Å². The van der Waals surface area contributed by atoms with E-state index in [-0.39, 0.29) is 22.8 Å². The molecular formula is C22H25F3N2O5S. The van der Waals surface area contributed by atoms with E-state index < -0.39 is 28.7 Å². The molecule has 0 spiro atoms. The monoisotopic (exact) mass is 486 g/mol. The lowest BCUT2D eigenvalue weighted by Crippen LogP contribution is -2.35. The molecule has 1 saturated heterocycles. The van der Waals surface area contributed by atoms with Crippen molar-refractivity contribution in [3.8, 4) is 11.5 Å². The summed E-state index contributed by atoms with van der Waals surface area (Å²) in [5.74, 6) is -0.199. The Labute approximate surface area is 190 Å². The molecular weight excluding hydrogens is 461 g/mol. The number of nitrogens with one attached hydrogen (secondary N) is 1. The average Bonchev–Trinajstić information content (AvgIpc) is 2.78. The summed E-state index contributed by atoms with van der Waals surface area (Å²) in [6.45, 7) is -0.839. The number of amides is 1. The first-order valence-corrected chi connectivity index (χ1v) is 11.8. The molecule has 0 aliphatic carbocycles. The van der Waals surface area contributed by atoms with Gasteiger partial charge in [0, 0.05) is 13.1 Å². The fourth-order valence-corrected chi connectivity index (χ4v) is 4.97. The van der Waals surface area contributed by atoms with Gasteiger partial charge in [0.15, 0.2) is 6.61 Å². The fraction of sp³-hybridized carbons (Fsp3) is 0.409. The zero-order valence-corrected chi connectivity index (χ0v) is 18.8. The number of methoxy groups -OCH3 is 1. The third-order valence-corrected chi connectivity index (χ3v) is 6.99. The van der Waals surface area contributed by atoms with Gasteiger partial charge in [-0.1, -0.05) is 18.6 Å². The molecule has 0 aromatic heterocycles. The Bertz CT molecular complexity index is 1070. The van der Waals surface area contributed by atoms with E-state index in [0.29, 0.717) is 24.4 Å². The van der Waals surface area contributed by atoms with E-state index in [9.17, 15) is 26.4 Å². The first-order chi connectivity index (χ1) is 15.6. The van der Waals surface area contributed by atoms with Crippen LogP contribution in [0.15, 0.2) is 47.4 Å². The molecule has 1 N–H and O–H groups in total. The molecule has 1 amide bonds. The van der Waals surface area contributed by atoms with E-state index in [1.807, 2.05) is 0 Å². The second-order valence-electron chi connectivity index (χ2n) is 7.60. The number of rotatable bonds is 8. The highest BCUT2D eigenvalue weighted by molar-refractivity contribution is 7.89. The van der Waals surface area contributed by atoms with Crippen LogP contribution in [-0.4, -0.2) is 51.6 Å². The third kappa shape index (κ3) is 6.84. The minimum atomic E-state index is -4.59. The minimum Gasteiger partial charge on any atom is -0.497 e. The summed E-state index contributed by atoms with van der Waals surface area (Å²) in [4.78, 5) is 12.5. The lowest BCUT2D eigenvalue weighted by Gasteiger charge is -2.26. The van der Waals surface area contributed by atoms with E-state index in [1.54, 1.807) is 24.3 Å². The number of piperidine rings is 1. The van der Waals surface area contributed by atoms with Gasteiger partial charge in [-0.3, -0.25) is 4.79 Å². The lowest BCUT2D eigenvalue weighted by molar-refractivity contribution is -0.153. The molecule has 1 heterocycles. The second kappa shape index (κ2) is 10.4. The summed E-state index contributed by atoms with van der Waals surface area (Å²) in [5, 5.41) is 2.49. The standard InChI is InChI=1S/C22H25F3N2O5S/c1-31-17-7-5-16(6-8-17)13-21(28)26-19-14-18(9-10-20(19)32-15-22(23,24)25)33(29,30)27-11-3-2-4-12-27/h5-10,14H,2-4,11-13,15H2,1H3,(H,26,28). The van der Waals surface area contributed by atoms with Gasteiger partial charge < -0.3 is 14.8 Å². The van der Waals surface area contributed by atoms with E-state index in [2.05, 4.69) is 5.32 Å². The van der Waals surface area contributed by atoms with Crippen molar-refractivity contribution < 1.29 is 35.9 Å². The van der Waals surface area contributed by atoms with Gasteiger partial charge in [0.1, 0.15) is 11.5 Å². The summed E-state index contributed by atoms with van der Waals surface area (Å²) in [5.41, 5.74) is 0.499. The van der Waals surface area contributed by atoms with Gasteiger partial charge in [0.05, 0.1) is 24.1 Å². The Morgan fingerprint density at radius 2 is 1.73 bits per heavy atom. The smallest absolute Gasteiger partial charge is 0.422 e. The number of carbonyl (C=O) groups excluding carboxylic acids is 1. The van der Waals surface area contributed by atoms with E-state index in [0.717, 1.165) is 31.4 Å². The van der Waals surface area contributed by atoms with Crippen LogP contribution < -0.4 is 14.8 Å². The van der Waals surface area contributed by atoms with Gasteiger partial charge in [0.25, 0.3) is 0 Å². The number of carbonyl (C=O) groups is 1. The zero-order valence-electron chi connectivity index (χ0n) is 18.0. The molecule has 1 fully saturated rings. The van der Waals surface area contributed by atoms with Crippen LogP contribution in [0.2, 0.25) is 0 Å². The summed E-state index contributed by atoms with van der Waals surface area (Å²) in [7, 11) is -2.35. The number of nitrogens with zero attached hydrogens (tertiary/aromatic N) is 1. The van der Waals surface area contributed by atoms with E-state index in [4.69, 9.17) is 9.47 Å². The van der Waals surface area contributed by atoms with Crippen molar-refractivity contribution in [3.05, 3.63) is 48.0 Å².